The molecule has 0 amide bonds. The summed E-state index contributed by atoms with van der Waals surface area (Å²) >= 11 is 0. The summed E-state index contributed by atoms with van der Waals surface area (Å²) in [5, 5.41) is 17.3. The molecule has 0 aromatic carbocycles. The van der Waals surface area contributed by atoms with Crippen LogP contribution >= 0.6 is 0 Å². The topological polar surface area (TPSA) is 80.1 Å². The van der Waals surface area contributed by atoms with Crippen LogP contribution in [0.3, 0.4) is 0 Å². The first-order valence-electron chi connectivity index (χ1n) is 6.26. The minimum absolute atomic E-state index is 0.0676. The molecule has 1 fully saturated rings. The first-order valence-corrected chi connectivity index (χ1v) is 6.26. The van der Waals surface area contributed by atoms with Crippen LogP contribution < -0.4 is 10.6 Å². The van der Waals surface area contributed by atoms with Crippen LogP contribution in [0.25, 0.3) is 0 Å². The van der Waals surface area contributed by atoms with Gasteiger partial charge in [0, 0.05) is 18.7 Å². The summed E-state index contributed by atoms with van der Waals surface area (Å²) in [5.74, 6) is 0.705. The summed E-state index contributed by atoms with van der Waals surface area (Å²) in [5.41, 5.74) is 0.516. The first-order chi connectivity index (χ1) is 8.66. The highest BCUT2D eigenvalue weighted by Crippen LogP contribution is 2.18. The highest BCUT2D eigenvalue weighted by molar-refractivity contribution is 5.44. The second-order valence-corrected chi connectivity index (χ2v) is 4.57. The molecule has 2 N–H and O–H groups in total. The molecule has 0 saturated carbocycles. The molecule has 0 spiro atoms. The molecule has 1 unspecified atom stereocenters. The number of aromatic nitrogens is 1. The Bertz CT molecular complexity index is 430. The lowest BCUT2D eigenvalue weighted by molar-refractivity contribution is -0.385. The number of rotatable bonds is 5. The minimum Gasteiger partial charge on any atom is -0.370 e. The Kier molecular flexibility index (Phi) is 4.09. The number of nitro groups is 1. The van der Waals surface area contributed by atoms with E-state index in [1.807, 2.05) is 0 Å². The second-order valence-electron chi connectivity index (χ2n) is 4.57. The Morgan fingerprint density at radius 2 is 2.44 bits per heavy atom. The van der Waals surface area contributed by atoms with Gasteiger partial charge in [-0.2, -0.15) is 0 Å². The molecule has 2 heterocycles. The molecule has 1 aliphatic rings. The molecule has 2 rings (SSSR count). The van der Waals surface area contributed by atoms with Gasteiger partial charge >= 0.3 is 0 Å². The van der Waals surface area contributed by atoms with E-state index in [1.165, 1.54) is 18.9 Å². The summed E-state index contributed by atoms with van der Waals surface area (Å²) in [7, 11) is 0. The summed E-state index contributed by atoms with van der Waals surface area (Å²) in [6.07, 6.45) is 3.53. The molecule has 0 aliphatic carbocycles. The summed E-state index contributed by atoms with van der Waals surface area (Å²) in [4.78, 5) is 14.4. The van der Waals surface area contributed by atoms with E-state index in [0.717, 1.165) is 19.5 Å². The van der Waals surface area contributed by atoms with Crippen molar-refractivity contribution in [3.05, 3.63) is 27.9 Å². The van der Waals surface area contributed by atoms with E-state index in [9.17, 15) is 10.1 Å². The number of hydrogen-bond donors (Lipinski definition) is 2. The van der Waals surface area contributed by atoms with Crippen LogP contribution in [0, 0.1) is 17.0 Å². The Morgan fingerprint density at radius 3 is 3.06 bits per heavy atom. The van der Waals surface area contributed by atoms with E-state index in [2.05, 4.69) is 15.6 Å². The maximum Gasteiger partial charge on any atom is 0.290 e. The van der Waals surface area contributed by atoms with Crippen LogP contribution in [0.5, 0.6) is 0 Å². The molecule has 1 aromatic heterocycles. The fraction of sp³-hybridized carbons (Fsp3) is 0.583. The zero-order chi connectivity index (χ0) is 13.0. The number of pyridine rings is 1. The number of hydrogen-bond acceptors (Lipinski definition) is 5. The minimum atomic E-state index is -0.408. The van der Waals surface area contributed by atoms with Crippen LogP contribution in [0.15, 0.2) is 12.1 Å². The van der Waals surface area contributed by atoms with Gasteiger partial charge in [0.2, 0.25) is 0 Å². The van der Waals surface area contributed by atoms with Crippen molar-refractivity contribution < 1.29 is 4.92 Å². The fourth-order valence-corrected chi connectivity index (χ4v) is 2.22. The SMILES string of the molecule is Cc1nc(NCCC2CCCN2)ccc1[N+](=O)[O-]. The molecule has 0 bridgehead atoms. The predicted octanol–water partition coefficient (Wildman–Crippen LogP) is 1.85. The predicted molar refractivity (Wildman–Crippen MR) is 69.8 cm³/mol. The van der Waals surface area contributed by atoms with Gasteiger partial charge in [-0.05, 0) is 38.8 Å². The van der Waals surface area contributed by atoms with Gasteiger partial charge in [-0.15, -0.1) is 0 Å². The molecular weight excluding hydrogens is 232 g/mol. The summed E-state index contributed by atoms with van der Waals surface area (Å²) in [6.45, 7) is 3.60. The molecule has 18 heavy (non-hydrogen) atoms. The number of nitrogens with one attached hydrogen (secondary N) is 2. The summed E-state index contributed by atoms with van der Waals surface area (Å²) in [6, 6.07) is 3.75. The van der Waals surface area contributed by atoms with Gasteiger partial charge in [-0.1, -0.05) is 0 Å². The third-order valence-electron chi connectivity index (χ3n) is 3.22. The van der Waals surface area contributed by atoms with Gasteiger partial charge < -0.3 is 10.6 Å². The van der Waals surface area contributed by atoms with Crippen molar-refractivity contribution in [2.75, 3.05) is 18.4 Å². The maximum absolute atomic E-state index is 10.7. The smallest absolute Gasteiger partial charge is 0.290 e. The molecule has 1 atom stereocenters. The third kappa shape index (κ3) is 3.16. The van der Waals surface area contributed by atoms with E-state index in [4.69, 9.17) is 0 Å². The lowest BCUT2D eigenvalue weighted by Gasteiger charge is -2.11. The Morgan fingerprint density at radius 1 is 1.61 bits per heavy atom. The monoisotopic (exact) mass is 250 g/mol. The molecule has 1 aromatic rings. The lowest BCUT2D eigenvalue weighted by atomic mass is 10.1. The normalized spacial score (nSPS) is 18.8. The average Bonchev–Trinajstić information content (AvgIpc) is 2.81. The van der Waals surface area contributed by atoms with Crippen molar-refractivity contribution in [2.45, 2.75) is 32.2 Å². The Hall–Kier alpha value is -1.69. The van der Waals surface area contributed by atoms with Crippen LogP contribution in [0.1, 0.15) is 25.0 Å². The number of aryl methyl sites for hydroxylation is 1. The van der Waals surface area contributed by atoms with Gasteiger partial charge in [0.05, 0.1) is 4.92 Å². The van der Waals surface area contributed by atoms with Gasteiger partial charge in [-0.25, -0.2) is 4.98 Å². The fourth-order valence-electron chi connectivity index (χ4n) is 2.22. The van der Waals surface area contributed by atoms with Crippen LogP contribution in [-0.4, -0.2) is 29.0 Å². The standard InChI is InChI=1S/C12H18N4O2/c1-9-11(16(17)18)4-5-12(15-9)14-8-6-10-3-2-7-13-10/h4-5,10,13H,2-3,6-8H2,1H3,(H,14,15). The zero-order valence-electron chi connectivity index (χ0n) is 10.5. The largest absolute Gasteiger partial charge is 0.370 e. The average molecular weight is 250 g/mol. The zero-order valence-corrected chi connectivity index (χ0v) is 10.5. The molecule has 6 heteroatoms. The molecule has 6 nitrogen and oxygen atoms in total. The van der Waals surface area contributed by atoms with Crippen LogP contribution in [0.4, 0.5) is 11.5 Å². The number of nitrogens with zero attached hydrogens (tertiary/aromatic N) is 2. The first kappa shape index (κ1) is 12.8. The van der Waals surface area contributed by atoms with Crippen molar-refractivity contribution in [2.24, 2.45) is 0 Å². The van der Waals surface area contributed by atoms with E-state index < -0.39 is 4.92 Å². The van der Waals surface area contributed by atoms with E-state index in [-0.39, 0.29) is 5.69 Å². The summed E-state index contributed by atoms with van der Waals surface area (Å²) < 4.78 is 0. The van der Waals surface area contributed by atoms with Crippen molar-refractivity contribution in [1.29, 1.82) is 0 Å². The quantitative estimate of drug-likeness (QED) is 0.615. The molecule has 1 aliphatic heterocycles. The second kappa shape index (κ2) is 5.77. The highest BCUT2D eigenvalue weighted by Gasteiger charge is 2.14. The molecular formula is C12H18N4O2. The lowest BCUT2D eigenvalue weighted by Crippen LogP contribution is -2.24. The highest BCUT2D eigenvalue weighted by atomic mass is 16.6. The van der Waals surface area contributed by atoms with Gasteiger partial charge in [0.25, 0.3) is 5.69 Å². The van der Waals surface area contributed by atoms with Gasteiger partial charge in [-0.3, -0.25) is 10.1 Å². The van der Waals surface area contributed by atoms with Crippen molar-refractivity contribution in [1.82, 2.24) is 10.3 Å². The molecule has 1 saturated heterocycles. The molecule has 98 valence electrons. The van der Waals surface area contributed by atoms with Crippen LogP contribution in [-0.2, 0) is 0 Å². The van der Waals surface area contributed by atoms with E-state index in [0.29, 0.717) is 17.6 Å². The Balaban J connectivity index is 1.85. The van der Waals surface area contributed by atoms with Crippen molar-refractivity contribution >= 4 is 11.5 Å². The van der Waals surface area contributed by atoms with Gasteiger partial charge in [0.1, 0.15) is 11.5 Å². The van der Waals surface area contributed by atoms with E-state index in [1.54, 1.807) is 13.0 Å². The van der Waals surface area contributed by atoms with E-state index >= 15 is 0 Å². The Labute approximate surface area is 106 Å². The third-order valence-corrected chi connectivity index (χ3v) is 3.22. The number of anilines is 1. The van der Waals surface area contributed by atoms with Crippen LogP contribution in [0.2, 0.25) is 0 Å². The molecule has 0 radical (unpaired) electrons. The maximum atomic E-state index is 10.7. The van der Waals surface area contributed by atoms with Crippen molar-refractivity contribution in [3.8, 4) is 0 Å². The van der Waals surface area contributed by atoms with Crippen molar-refractivity contribution in [3.63, 3.8) is 0 Å². The van der Waals surface area contributed by atoms with Gasteiger partial charge in [0.15, 0.2) is 0 Å².